The van der Waals surface area contributed by atoms with Gasteiger partial charge in [0, 0.05) is 13.0 Å². The van der Waals surface area contributed by atoms with Gasteiger partial charge in [0.1, 0.15) is 5.60 Å². The summed E-state index contributed by atoms with van der Waals surface area (Å²) >= 11 is 5.51. The number of alkyl halides is 1. The number of hydrogen-bond acceptors (Lipinski definition) is 5. The second-order valence-electron chi connectivity index (χ2n) is 8.40. The molecule has 1 N–H and O–H groups in total. The molecule has 2 aliphatic heterocycles. The molecular weight excluding hydrogens is 370 g/mol. The summed E-state index contributed by atoms with van der Waals surface area (Å²) in [7, 11) is 1.67. The molecule has 3 rings (SSSR count). The van der Waals surface area contributed by atoms with Gasteiger partial charge in [0.25, 0.3) is 0 Å². The van der Waals surface area contributed by atoms with Gasteiger partial charge in [-0.05, 0) is 40.0 Å². The van der Waals surface area contributed by atoms with Crippen molar-refractivity contribution in [3.63, 3.8) is 0 Å². The maximum Gasteiger partial charge on any atom is 0.227 e. The van der Waals surface area contributed by atoms with Crippen molar-refractivity contribution in [3.8, 4) is 0 Å². The summed E-state index contributed by atoms with van der Waals surface area (Å²) in [5.41, 5.74) is 0.715. The number of methoxy groups -OCH3 is 1. The molecule has 0 unspecified atom stereocenters. The lowest BCUT2D eigenvalue weighted by atomic mass is 9.67. The average molecular weight is 400 g/mol. The fourth-order valence-electron chi connectivity index (χ4n) is 4.63. The molecule has 2 heterocycles. The van der Waals surface area contributed by atoms with E-state index in [0.717, 1.165) is 19.3 Å². The van der Waals surface area contributed by atoms with Crippen LogP contribution >= 0.6 is 11.6 Å². The van der Waals surface area contributed by atoms with Crippen LogP contribution in [0.4, 0.5) is 0 Å². The molecule has 3 fully saturated rings. The molecule has 1 amide bonds. The van der Waals surface area contributed by atoms with E-state index in [9.17, 15) is 9.59 Å². The van der Waals surface area contributed by atoms with Gasteiger partial charge in [0.05, 0.1) is 42.8 Å². The third kappa shape index (κ3) is 4.24. The lowest BCUT2D eigenvalue weighted by Gasteiger charge is -2.43. The van der Waals surface area contributed by atoms with Crippen LogP contribution in [-0.2, 0) is 23.8 Å². The van der Waals surface area contributed by atoms with Gasteiger partial charge in [-0.15, -0.1) is 11.6 Å². The predicted molar refractivity (Wildman–Crippen MR) is 102 cm³/mol. The van der Waals surface area contributed by atoms with Crippen LogP contribution in [-0.4, -0.2) is 60.7 Å². The van der Waals surface area contributed by atoms with Crippen molar-refractivity contribution in [2.24, 2.45) is 5.92 Å². The monoisotopic (exact) mass is 399 g/mol. The van der Waals surface area contributed by atoms with Crippen LogP contribution in [0.15, 0.2) is 11.6 Å². The lowest BCUT2D eigenvalue weighted by molar-refractivity contribution is -0.130. The van der Waals surface area contributed by atoms with Crippen molar-refractivity contribution in [2.45, 2.75) is 75.9 Å². The molecular formula is C20H30ClNO5. The number of amides is 1. The number of carbonyl (C=O) groups excluding carboxylic acids is 2. The Hall–Kier alpha value is -0.950. The van der Waals surface area contributed by atoms with E-state index >= 15 is 0 Å². The smallest absolute Gasteiger partial charge is 0.227 e. The van der Waals surface area contributed by atoms with Gasteiger partial charge in [-0.2, -0.15) is 0 Å². The fourth-order valence-corrected chi connectivity index (χ4v) is 4.72. The lowest BCUT2D eigenvalue weighted by Crippen LogP contribution is -2.59. The molecule has 152 valence electrons. The topological polar surface area (TPSA) is 80.5 Å². The Bertz CT molecular complexity index is 628. The maximum absolute atomic E-state index is 12.2. The highest BCUT2D eigenvalue weighted by Gasteiger charge is 2.71. The van der Waals surface area contributed by atoms with Gasteiger partial charge < -0.3 is 19.5 Å². The number of nitrogens with one attached hydrogen (secondary N) is 1. The fraction of sp³-hybridized carbons (Fsp3) is 0.800. The molecule has 0 aromatic carbocycles. The van der Waals surface area contributed by atoms with E-state index in [1.54, 1.807) is 7.11 Å². The van der Waals surface area contributed by atoms with Crippen LogP contribution in [0.25, 0.3) is 0 Å². The third-order valence-corrected chi connectivity index (χ3v) is 6.44. The molecule has 7 heteroatoms. The van der Waals surface area contributed by atoms with Crippen molar-refractivity contribution >= 4 is 23.3 Å². The molecule has 1 saturated carbocycles. The van der Waals surface area contributed by atoms with E-state index in [0.29, 0.717) is 6.61 Å². The first-order valence-corrected chi connectivity index (χ1v) is 10.1. The van der Waals surface area contributed by atoms with E-state index < -0.39 is 0 Å². The second kappa shape index (κ2) is 7.82. The summed E-state index contributed by atoms with van der Waals surface area (Å²) in [4.78, 5) is 23.7. The number of Topliss-reactive ketones (excluding diaryl/α,β-unsaturated/α-hetero) is 1. The van der Waals surface area contributed by atoms with Gasteiger partial charge in [-0.1, -0.05) is 11.6 Å². The Morgan fingerprint density at radius 2 is 2.07 bits per heavy atom. The van der Waals surface area contributed by atoms with Crippen molar-refractivity contribution < 1.29 is 23.8 Å². The minimum Gasteiger partial charge on any atom is -0.379 e. The van der Waals surface area contributed by atoms with Crippen LogP contribution in [0.1, 0.15) is 46.5 Å². The van der Waals surface area contributed by atoms with Crippen molar-refractivity contribution in [1.82, 2.24) is 5.32 Å². The quantitative estimate of drug-likeness (QED) is 0.293. The Kier molecular flexibility index (Phi) is 6.02. The van der Waals surface area contributed by atoms with Gasteiger partial charge in [0.2, 0.25) is 5.91 Å². The summed E-state index contributed by atoms with van der Waals surface area (Å²) in [5, 5.41) is 2.98. The first-order chi connectivity index (χ1) is 12.8. The van der Waals surface area contributed by atoms with E-state index in [2.05, 4.69) is 32.2 Å². The van der Waals surface area contributed by atoms with Crippen molar-refractivity contribution in [3.05, 3.63) is 11.6 Å². The second-order valence-corrected chi connectivity index (χ2v) is 8.67. The normalized spacial score (nSPS) is 39.7. The number of halogens is 1. The van der Waals surface area contributed by atoms with Crippen LogP contribution in [0.2, 0.25) is 0 Å². The van der Waals surface area contributed by atoms with Crippen LogP contribution in [0.5, 0.6) is 0 Å². The zero-order valence-electron chi connectivity index (χ0n) is 16.5. The maximum atomic E-state index is 12.2. The van der Waals surface area contributed by atoms with E-state index in [1.807, 2.05) is 0 Å². The predicted octanol–water partition coefficient (Wildman–Crippen LogP) is 2.38. The first kappa shape index (κ1) is 20.8. The number of epoxide rings is 2. The zero-order chi connectivity index (χ0) is 19.8. The van der Waals surface area contributed by atoms with Gasteiger partial charge >= 0.3 is 0 Å². The summed E-state index contributed by atoms with van der Waals surface area (Å²) < 4.78 is 17.9. The van der Waals surface area contributed by atoms with E-state index in [1.165, 1.54) is 5.57 Å². The molecule has 2 saturated heterocycles. The van der Waals surface area contributed by atoms with Crippen molar-refractivity contribution in [1.29, 1.82) is 0 Å². The highest BCUT2D eigenvalue weighted by molar-refractivity contribution is 6.29. The molecule has 6 nitrogen and oxygen atoms in total. The average Bonchev–Trinajstić information content (AvgIpc) is 3.52. The number of rotatable bonds is 8. The molecule has 0 aromatic rings. The Morgan fingerprint density at radius 3 is 2.63 bits per heavy atom. The molecule has 1 spiro atoms. The minimum absolute atomic E-state index is 0.0355. The number of allylic oxidation sites excluding steroid dienone is 1. The number of ether oxygens (including phenoxy) is 3. The SMILES string of the molecule is CO[C@@H]1[C@H](NC(=O)CC(=O)CCl)CC[C@]2(CO2)[C@H]1[C@@]1(C)O[C@@H]1CC=C(C)C. The van der Waals surface area contributed by atoms with Crippen LogP contribution < -0.4 is 5.32 Å². The molecule has 0 aromatic heterocycles. The third-order valence-electron chi connectivity index (χ3n) is 6.15. The standard InChI is InChI=1S/C20H30ClNO5/c1-12(2)5-6-15-19(3,27-15)18-17(25-4)14(7-8-20(18)11-26-20)22-16(24)9-13(23)10-21/h5,14-15,17-18H,6-11H2,1-4H3,(H,22,24)/t14-,15-,17-,18-,19+,20+/m1/s1. The Morgan fingerprint density at radius 1 is 1.37 bits per heavy atom. The zero-order valence-corrected chi connectivity index (χ0v) is 17.3. The molecule has 0 radical (unpaired) electrons. The molecule has 0 bridgehead atoms. The molecule has 6 atom stereocenters. The highest BCUT2D eigenvalue weighted by Crippen LogP contribution is 2.59. The van der Waals surface area contributed by atoms with E-state index in [4.69, 9.17) is 25.8 Å². The van der Waals surface area contributed by atoms with Gasteiger partial charge in [-0.25, -0.2) is 0 Å². The number of carbonyl (C=O) groups is 2. The Balaban J connectivity index is 1.73. The summed E-state index contributed by atoms with van der Waals surface area (Å²) in [6.45, 7) is 6.99. The van der Waals surface area contributed by atoms with Crippen LogP contribution in [0.3, 0.4) is 0 Å². The first-order valence-electron chi connectivity index (χ1n) is 9.60. The van der Waals surface area contributed by atoms with E-state index in [-0.39, 0.29) is 59.4 Å². The summed E-state index contributed by atoms with van der Waals surface area (Å²) in [5.74, 6) is -0.698. The molecule has 3 aliphatic rings. The number of ketones is 1. The van der Waals surface area contributed by atoms with Gasteiger partial charge in [0.15, 0.2) is 5.78 Å². The van der Waals surface area contributed by atoms with Crippen molar-refractivity contribution in [2.75, 3.05) is 19.6 Å². The van der Waals surface area contributed by atoms with Gasteiger partial charge in [-0.3, -0.25) is 9.59 Å². The van der Waals surface area contributed by atoms with Crippen LogP contribution in [0, 0.1) is 5.92 Å². The highest BCUT2D eigenvalue weighted by atomic mass is 35.5. The minimum atomic E-state index is -0.335. The molecule has 1 aliphatic carbocycles. The Labute approximate surface area is 165 Å². The summed E-state index contributed by atoms with van der Waals surface area (Å²) in [6.07, 6.45) is 4.37. The summed E-state index contributed by atoms with van der Waals surface area (Å²) in [6, 6.07) is -0.171. The molecule has 27 heavy (non-hydrogen) atoms. The number of hydrogen-bond donors (Lipinski definition) is 1. The largest absolute Gasteiger partial charge is 0.379 e.